The van der Waals surface area contributed by atoms with Crippen molar-refractivity contribution in [3.05, 3.63) is 83.4 Å². The molecule has 8 nitrogen and oxygen atoms in total. The highest BCUT2D eigenvalue weighted by atomic mass is 35.5. The first-order valence-corrected chi connectivity index (χ1v) is 14.4. The highest BCUT2D eigenvalue weighted by molar-refractivity contribution is 7.92. The summed E-state index contributed by atoms with van der Waals surface area (Å²) < 4.78 is 53.2. The number of carbonyl (C=O) groups excluding carboxylic acids is 1. The maximum Gasteiger partial charge on any atom is 0.261 e. The van der Waals surface area contributed by atoms with Gasteiger partial charge in [0.1, 0.15) is 0 Å². The van der Waals surface area contributed by atoms with Gasteiger partial charge in [0.15, 0.2) is 0 Å². The second-order valence-corrected chi connectivity index (χ2v) is 12.0. The van der Waals surface area contributed by atoms with Crippen LogP contribution in [-0.4, -0.2) is 35.5 Å². The van der Waals surface area contributed by atoms with E-state index in [1.165, 1.54) is 28.6 Å². The molecule has 0 saturated carbocycles. The largest absolute Gasteiger partial charge is 0.326 e. The number of aryl methyl sites for hydroxylation is 1. The first kappa shape index (κ1) is 26.5. The normalized spacial score (nSPS) is 11.6. The van der Waals surface area contributed by atoms with Crippen LogP contribution < -0.4 is 14.3 Å². The molecule has 0 saturated heterocycles. The maximum absolute atomic E-state index is 12.6. The molecule has 2 N–H and O–H groups in total. The molecule has 0 bridgehead atoms. The average molecular weight is 536 g/mol. The molecule has 3 aromatic rings. The number of halogens is 1. The second-order valence-electron chi connectivity index (χ2n) is 7.96. The molecule has 3 rings (SSSR count). The van der Waals surface area contributed by atoms with Gasteiger partial charge in [-0.25, -0.2) is 16.8 Å². The Morgan fingerprint density at radius 3 is 2.00 bits per heavy atom. The first-order chi connectivity index (χ1) is 16.4. The average Bonchev–Trinajstić information content (AvgIpc) is 2.78. The first-order valence-electron chi connectivity index (χ1n) is 10.7. The summed E-state index contributed by atoms with van der Waals surface area (Å²) in [7, 11) is -7.31. The van der Waals surface area contributed by atoms with Gasteiger partial charge in [-0.2, -0.15) is 0 Å². The zero-order valence-electron chi connectivity index (χ0n) is 19.2. The Kier molecular flexibility index (Phi) is 8.42. The molecular formula is C24H26ClN3O5S2. The number of nitrogens with one attached hydrogen (secondary N) is 2. The van der Waals surface area contributed by atoms with Gasteiger partial charge in [-0.3, -0.25) is 13.8 Å². The van der Waals surface area contributed by atoms with Crippen molar-refractivity contribution >= 4 is 54.6 Å². The highest BCUT2D eigenvalue weighted by Gasteiger charge is 2.18. The van der Waals surface area contributed by atoms with Crippen molar-refractivity contribution in [3.63, 3.8) is 0 Å². The Bertz CT molecular complexity index is 1370. The highest BCUT2D eigenvalue weighted by Crippen LogP contribution is 2.21. The standard InChI is InChI=1S/C24H26ClN3O5S2/c1-18-5-13-22(14-6-18)28(34(2,30)31)17-3-4-24(29)26-20-11-15-23(16-12-20)35(32,33)27-21-9-7-19(25)8-10-21/h5-16,27H,3-4,17H2,1-2H3,(H,26,29). The molecule has 0 atom stereocenters. The van der Waals surface area contributed by atoms with Crippen LogP contribution >= 0.6 is 11.6 Å². The van der Waals surface area contributed by atoms with Crippen molar-refractivity contribution in [1.29, 1.82) is 0 Å². The van der Waals surface area contributed by atoms with Crippen LogP contribution in [0.1, 0.15) is 18.4 Å². The van der Waals surface area contributed by atoms with Crippen LogP contribution in [-0.2, 0) is 24.8 Å². The second kappa shape index (κ2) is 11.1. The zero-order valence-corrected chi connectivity index (χ0v) is 21.6. The number of nitrogens with zero attached hydrogens (tertiary/aromatic N) is 1. The SMILES string of the molecule is Cc1ccc(N(CCCC(=O)Nc2ccc(S(=O)(=O)Nc3ccc(Cl)cc3)cc2)S(C)(=O)=O)cc1. The van der Waals surface area contributed by atoms with Crippen LogP contribution in [0.5, 0.6) is 0 Å². The fourth-order valence-electron chi connectivity index (χ4n) is 3.25. The molecule has 0 aliphatic heterocycles. The van der Waals surface area contributed by atoms with Gasteiger partial charge in [0, 0.05) is 29.4 Å². The van der Waals surface area contributed by atoms with Gasteiger partial charge in [-0.15, -0.1) is 0 Å². The summed E-state index contributed by atoms with van der Waals surface area (Å²) >= 11 is 5.82. The molecule has 3 aromatic carbocycles. The lowest BCUT2D eigenvalue weighted by molar-refractivity contribution is -0.116. The van der Waals surface area contributed by atoms with Crippen molar-refractivity contribution < 1.29 is 21.6 Å². The Labute approximate surface area is 211 Å². The fourth-order valence-corrected chi connectivity index (χ4v) is 5.40. The lowest BCUT2D eigenvalue weighted by Gasteiger charge is -2.22. The Morgan fingerprint density at radius 1 is 0.857 bits per heavy atom. The number of rotatable bonds is 10. The van der Waals surface area contributed by atoms with Crippen molar-refractivity contribution in [2.75, 3.05) is 27.1 Å². The Balaban J connectivity index is 1.56. The van der Waals surface area contributed by atoms with Gasteiger partial charge in [-0.1, -0.05) is 29.3 Å². The molecular weight excluding hydrogens is 510 g/mol. The molecule has 0 aliphatic carbocycles. The van der Waals surface area contributed by atoms with Gasteiger partial charge in [0.2, 0.25) is 15.9 Å². The van der Waals surface area contributed by atoms with E-state index in [1.807, 2.05) is 19.1 Å². The monoisotopic (exact) mass is 535 g/mol. The van der Waals surface area contributed by atoms with Gasteiger partial charge in [-0.05, 0) is 74.0 Å². The summed E-state index contributed by atoms with van der Waals surface area (Å²) in [5, 5.41) is 3.19. The third kappa shape index (κ3) is 7.71. The Morgan fingerprint density at radius 2 is 1.43 bits per heavy atom. The topological polar surface area (TPSA) is 113 Å². The van der Waals surface area contributed by atoms with Crippen molar-refractivity contribution in [1.82, 2.24) is 0 Å². The van der Waals surface area contributed by atoms with Gasteiger partial charge in [0.25, 0.3) is 10.0 Å². The van der Waals surface area contributed by atoms with E-state index in [4.69, 9.17) is 11.6 Å². The van der Waals surface area contributed by atoms with E-state index in [1.54, 1.807) is 36.4 Å². The van der Waals surface area contributed by atoms with Crippen LogP contribution in [0.3, 0.4) is 0 Å². The molecule has 0 heterocycles. The predicted octanol–water partition coefficient (Wildman–Crippen LogP) is 4.63. The van der Waals surface area contributed by atoms with Crippen molar-refractivity contribution in [3.8, 4) is 0 Å². The van der Waals surface area contributed by atoms with E-state index in [0.29, 0.717) is 28.5 Å². The van der Waals surface area contributed by atoms with Gasteiger partial charge >= 0.3 is 0 Å². The van der Waals surface area contributed by atoms with E-state index < -0.39 is 20.0 Å². The molecule has 0 unspecified atom stereocenters. The van der Waals surface area contributed by atoms with Crippen molar-refractivity contribution in [2.24, 2.45) is 0 Å². The Hall–Kier alpha value is -3.08. The summed E-state index contributed by atoms with van der Waals surface area (Å²) in [5.74, 6) is -0.308. The molecule has 0 spiro atoms. The lowest BCUT2D eigenvalue weighted by atomic mass is 10.2. The summed E-state index contributed by atoms with van der Waals surface area (Å²) in [6.07, 6.45) is 1.53. The van der Waals surface area contributed by atoms with E-state index in [-0.39, 0.29) is 23.8 Å². The van der Waals surface area contributed by atoms with Crippen LogP contribution in [0.4, 0.5) is 17.1 Å². The molecule has 186 valence electrons. The van der Waals surface area contributed by atoms with Crippen LogP contribution in [0.25, 0.3) is 0 Å². The molecule has 0 aromatic heterocycles. The van der Waals surface area contributed by atoms with Gasteiger partial charge < -0.3 is 5.32 Å². The van der Waals surface area contributed by atoms with Gasteiger partial charge in [0.05, 0.1) is 16.8 Å². The minimum Gasteiger partial charge on any atom is -0.326 e. The minimum atomic E-state index is -3.81. The number of benzene rings is 3. The summed E-state index contributed by atoms with van der Waals surface area (Å²) in [5.41, 5.74) is 2.36. The fraction of sp³-hybridized carbons (Fsp3) is 0.208. The molecule has 0 radical (unpaired) electrons. The molecule has 35 heavy (non-hydrogen) atoms. The van der Waals surface area contributed by atoms with Crippen molar-refractivity contribution in [2.45, 2.75) is 24.7 Å². The number of amides is 1. The van der Waals surface area contributed by atoms with Crippen LogP contribution in [0.2, 0.25) is 5.02 Å². The van der Waals surface area contributed by atoms with E-state index in [9.17, 15) is 21.6 Å². The summed E-state index contributed by atoms with van der Waals surface area (Å²) in [6, 6.07) is 19.1. The third-order valence-corrected chi connectivity index (χ3v) is 7.88. The van der Waals surface area contributed by atoms with E-state index in [0.717, 1.165) is 11.8 Å². The quantitative estimate of drug-likeness (QED) is 0.393. The zero-order chi connectivity index (χ0) is 25.6. The molecule has 0 aliphatic rings. The summed E-state index contributed by atoms with van der Waals surface area (Å²) in [4.78, 5) is 12.4. The third-order valence-electron chi connectivity index (χ3n) is 5.03. The number of anilines is 3. The number of hydrogen-bond acceptors (Lipinski definition) is 5. The molecule has 1 amide bonds. The van der Waals surface area contributed by atoms with E-state index in [2.05, 4.69) is 10.0 Å². The maximum atomic E-state index is 12.6. The summed E-state index contributed by atoms with van der Waals surface area (Å²) in [6.45, 7) is 2.07. The minimum absolute atomic E-state index is 0.0346. The number of sulfonamides is 2. The predicted molar refractivity (Wildman–Crippen MR) is 140 cm³/mol. The van der Waals surface area contributed by atoms with Crippen LogP contribution in [0.15, 0.2) is 77.7 Å². The number of hydrogen-bond donors (Lipinski definition) is 2. The van der Waals surface area contributed by atoms with Crippen LogP contribution in [0, 0.1) is 6.92 Å². The number of carbonyl (C=O) groups is 1. The van der Waals surface area contributed by atoms with E-state index >= 15 is 0 Å². The molecule has 11 heteroatoms. The molecule has 0 fully saturated rings. The smallest absolute Gasteiger partial charge is 0.261 e. The lowest BCUT2D eigenvalue weighted by Crippen LogP contribution is -2.31.